The van der Waals surface area contributed by atoms with E-state index in [0.717, 1.165) is 24.7 Å². The molecule has 0 amide bonds. The zero-order valence-electron chi connectivity index (χ0n) is 14.5. The third kappa shape index (κ3) is 13.8. The lowest BCUT2D eigenvalue weighted by molar-refractivity contribution is 0.520. The molecule has 0 bridgehead atoms. The predicted octanol–water partition coefficient (Wildman–Crippen LogP) is 6.78. The van der Waals surface area contributed by atoms with Gasteiger partial charge in [0, 0.05) is 7.05 Å². The Kier molecular flexibility index (Phi) is 12.9. The van der Waals surface area contributed by atoms with Crippen molar-refractivity contribution in [1.29, 1.82) is 0 Å². The van der Waals surface area contributed by atoms with Crippen LogP contribution in [-0.4, -0.2) is 7.05 Å². The molecule has 0 saturated carbocycles. The molecule has 0 radical (unpaired) electrons. The highest BCUT2D eigenvalue weighted by atomic mass is 15.1. The zero-order chi connectivity index (χ0) is 15.2. The summed E-state index contributed by atoms with van der Waals surface area (Å²) in [7, 11) is 1.77. The van der Waals surface area contributed by atoms with E-state index in [1.807, 2.05) is 0 Å². The van der Waals surface area contributed by atoms with Crippen molar-refractivity contribution in [2.45, 2.75) is 85.5 Å². The van der Waals surface area contributed by atoms with Gasteiger partial charge in [-0.3, -0.25) is 0 Å². The third-order valence-corrected chi connectivity index (χ3v) is 3.56. The van der Waals surface area contributed by atoms with Crippen LogP contribution in [0, 0.1) is 11.8 Å². The summed E-state index contributed by atoms with van der Waals surface area (Å²) in [6.07, 6.45) is 13.9. The Bertz CT molecular complexity index is 265. The summed E-state index contributed by atoms with van der Waals surface area (Å²) in [5, 5.41) is 8.20. The van der Waals surface area contributed by atoms with E-state index in [0.29, 0.717) is 0 Å². The van der Waals surface area contributed by atoms with Crippen LogP contribution in [0.1, 0.15) is 85.5 Å². The monoisotopic (exact) mass is 280 g/mol. The molecule has 0 heterocycles. The van der Waals surface area contributed by atoms with Gasteiger partial charge in [-0.15, -0.1) is 0 Å². The number of allylic oxidation sites excluding steroid dienone is 2. The summed E-state index contributed by atoms with van der Waals surface area (Å²) in [6, 6.07) is 0. The van der Waals surface area contributed by atoms with Crippen LogP contribution < -0.4 is 0 Å². The first-order valence-corrected chi connectivity index (χ1v) is 8.55. The number of hydrogen-bond donors (Lipinski definition) is 0. The minimum absolute atomic E-state index is 0.788. The van der Waals surface area contributed by atoms with E-state index >= 15 is 0 Å². The van der Waals surface area contributed by atoms with Crippen LogP contribution in [0.3, 0.4) is 0 Å². The smallest absolute Gasteiger partial charge is 0.0586 e. The zero-order valence-corrected chi connectivity index (χ0v) is 14.5. The van der Waals surface area contributed by atoms with E-state index in [1.54, 1.807) is 7.05 Å². The molecule has 0 fully saturated rings. The Morgan fingerprint density at radius 3 is 2.05 bits per heavy atom. The predicted molar refractivity (Wildman–Crippen MR) is 90.1 cm³/mol. The van der Waals surface area contributed by atoms with E-state index in [1.165, 1.54) is 50.6 Å². The van der Waals surface area contributed by atoms with Crippen LogP contribution in [0.25, 0.3) is 0 Å². The van der Waals surface area contributed by atoms with Gasteiger partial charge in [-0.05, 0) is 37.5 Å². The fourth-order valence-corrected chi connectivity index (χ4v) is 2.33. The maximum Gasteiger partial charge on any atom is 0.0586 e. The molecular weight excluding hydrogens is 244 g/mol. The molecule has 0 aromatic rings. The van der Waals surface area contributed by atoms with E-state index in [4.69, 9.17) is 0 Å². The second kappa shape index (κ2) is 13.3. The second-order valence-corrected chi connectivity index (χ2v) is 6.67. The average molecular weight is 280 g/mol. The molecule has 2 heteroatoms. The molecule has 0 N–H and O–H groups in total. The first kappa shape index (κ1) is 19.3. The van der Waals surface area contributed by atoms with Crippen LogP contribution >= 0.6 is 0 Å². The molecule has 0 atom stereocenters. The molecule has 0 aliphatic rings. The minimum Gasteiger partial charge on any atom is -0.192 e. The molecule has 0 saturated heterocycles. The summed E-state index contributed by atoms with van der Waals surface area (Å²) in [5.41, 5.74) is 1.19. The van der Waals surface area contributed by atoms with Gasteiger partial charge >= 0.3 is 0 Å². The maximum atomic E-state index is 4.26. The van der Waals surface area contributed by atoms with Crippen molar-refractivity contribution in [3.8, 4) is 0 Å². The van der Waals surface area contributed by atoms with Crippen molar-refractivity contribution in [3.63, 3.8) is 0 Å². The molecule has 0 aliphatic carbocycles. The van der Waals surface area contributed by atoms with Gasteiger partial charge < -0.3 is 0 Å². The minimum atomic E-state index is 0.788. The molecule has 0 unspecified atom stereocenters. The van der Waals surface area contributed by atoms with Crippen molar-refractivity contribution in [3.05, 3.63) is 11.8 Å². The van der Waals surface area contributed by atoms with Gasteiger partial charge in [-0.2, -0.15) is 10.2 Å². The van der Waals surface area contributed by atoms with Crippen LogP contribution in [0.15, 0.2) is 22.0 Å². The van der Waals surface area contributed by atoms with E-state index in [-0.39, 0.29) is 0 Å². The molecule has 0 rings (SSSR count). The first-order chi connectivity index (χ1) is 9.56. The average Bonchev–Trinajstić information content (AvgIpc) is 2.36. The molecule has 0 spiro atoms. The largest absolute Gasteiger partial charge is 0.192 e. The Morgan fingerprint density at radius 2 is 1.45 bits per heavy atom. The fourth-order valence-electron chi connectivity index (χ4n) is 2.33. The van der Waals surface area contributed by atoms with Gasteiger partial charge in [0.25, 0.3) is 0 Å². The molecule has 0 aromatic carbocycles. The number of nitrogens with zero attached hydrogens (tertiary/aromatic N) is 2. The number of azo groups is 1. The summed E-state index contributed by atoms with van der Waals surface area (Å²) in [5.74, 6) is 1.64. The Hall–Kier alpha value is -0.660. The van der Waals surface area contributed by atoms with Gasteiger partial charge in [0.15, 0.2) is 0 Å². The third-order valence-electron chi connectivity index (χ3n) is 3.56. The van der Waals surface area contributed by atoms with Crippen LogP contribution in [0.2, 0.25) is 0 Å². The standard InChI is InChI=1S/C18H36N2/c1-16(2)12-9-7-6-8-10-14-18(20-19-5)15-11-13-17(3)4/h14,16-17H,6-13,15H2,1-5H3/b18-14-,20-19-. The molecule has 0 aliphatic heterocycles. The van der Waals surface area contributed by atoms with Gasteiger partial charge in [-0.1, -0.05) is 65.9 Å². The van der Waals surface area contributed by atoms with Gasteiger partial charge in [-0.25, -0.2) is 0 Å². The van der Waals surface area contributed by atoms with Crippen molar-refractivity contribution < 1.29 is 0 Å². The Morgan fingerprint density at radius 1 is 0.850 bits per heavy atom. The Balaban J connectivity index is 3.74. The lowest BCUT2D eigenvalue weighted by Gasteiger charge is -2.05. The van der Waals surface area contributed by atoms with Crippen molar-refractivity contribution in [2.75, 3.05) is 7.05 Å². The molecule has 0 aromatic heterocycles. The topological polar surface area (TPSA) is 24.7 Å². The number of rotatable bonds is 12. The molecule has 118 valence electrons. The second-order valence-electron chi connectivity index (χ2n) is 6.67. The molecule has 20 heavy (non-hydrogen) atoms. The SMILES string of the molecule is C/N=N\C(=C/CCCCCCC(C)C)CCCC(C)C. The lowest BCUT2D eigenvalue weighted by Crippen LogP contribution is -1.89. The number of unbranched alkanes of at least 4 members (excludes halogenated alkanes) is 4. The molecular formula is C18H36N2. The normalized spacial score (nSPS) is 13.1. The fraction of sp³-hybridized carbons (Fsp3) is 0.889. The summed E-state index contributed by atoms with van der Waals surface area (Å²) in [6.45, 7) is 9.17. The van der Waals surface area contributed by atoms with E-state index in [9.17, 15) is 0 Å². The van der Waals surface area contributed by atoms with E-state index in [2.05, 4.69) is 44.0 Å². The van der Waals surface area contributed by atoms with Gasteiger partial charge in [0.2, 0.25) is 0 Å². The lowest BCUT2D eigenvalue weighted by atomic mass is 10.0. The summed E-state index contributed by atoms with van der Waals surface area (Å²) in [4.78, 5) is 0. The van der Waals surface area contributed by atoms with Crippen LogP contribution in [0.4, 0.5) is 0 Å². The van der Waals surface area contributed by atoms with Crippen LogP contribution in [0.5, 0.6) is 0 Å². The number of hydrogen-bond acceptors (Lipinski definition) is 2. The van der Waals surface area contributed by atoms with Crippen molar-refractivity contribution in [1.82, 2.24) is 0 Å². The van der Waals surface area contributed by atoms with Crippen LogP contribution in [-0.2, 0) is 0 Å². The highest BCUT2D eigenvalue weighted by Gasteiger charge is 1.99. The highest BCUT2D eigenvalue weighted by molar-refractivity contribution is 4.98. The van der Waals surface area contributed by atoms with Gasteiger partial charge in [0.1, 0.15) is 0 Å². The quantitative estimate of drug-likeness (QED) is 0.278. The Labute approximate surface area is 127 Å². The summed E-state index contributed by atoms with van der Waals surface area (Å²) < 4.78 is 0. The summed E-state index contributed by atoms with van der Waals surface area (Å²) >= 11 is 0. The van der Waals surface area contributed by atoms with Gasteiger partial charge in [0.05, 0.1) is 5.70 Å². The first-order valence-electron chi connectivity index (χ1n) is 8.55. The van der Waals surface area contributed by atoms with E-state index < -0.39 is 0 Å². The maximum absolute atomic E-state index is 4.26. The van der Waals surface area contributed by atoms with Crippen molar-refractivity contribution >= 4 is 0 Å². The van der Waals surface area contributed by atoms with Crippen molar-refractivity contribution in [2.24, 2.45) is 22.1 Å². The highest BCUT2D eigenvalue weighted by Crippen LogP contribution is 2.16. The molecule has 2 nitrogen and oxygen atoms in total.